The van der Waals surface area contributed by atoms with E-state index in [9.17, 15) is 19.5 Å². The van der Waals surface area contributed by atoms with Gasteiger partial charge in [-0.05, 0) is 31.4 Å². The molecule has 1 fully saturated rings. The van der Waals surface area contributed by atoms with Crippen LogP contribution < -0.4 is 5.69 Å². The van der Waals surface area contributed by atoms with Gasteiger partial charge in [-0.25, -0.2) is 14.3 Å². The molecule has 1 unspecified atom stereocenters. The third-order valence-corrected chi connectivity index (χ3v) is 3.88. The molecule has 8 nitrogen and oxygen atoms in total. The van der Waals surface area contributed by atoms with Crippen LogP contribution in [-0.4, -0.2) is 48.7 Å². The van der Waals surface area contributed by atoms with Gasteiger partial charge in [0.15, 0.2) is 5.65 Å². The molecule has 3 heterocycles. The van der Waals surface area contributed by atoms with Gasteiger partial charge in [0.1, 0.15) is 12.6 Å². The van der Waals surface area contributed by atoms with Crippen LogP contribution in [0, 0.1) is 0 Å². The number of aromatic nitrogens is 3. The molecule has 0 aliphatic carbocycles. The molecule has 0 aromatic carbocycles. The average Bonchev–Trinajstić information content (AvgIpc) is 2.84. The monoisotopic (exact) mass is 304 g/mol. The number of piperidine rings is 1. The van der Waals surface area contributed by atoms with Crippen molar-refractivity contribution in [2.75, 3.05) is 6.54 Å². The number of carboxylic acids is 1. The summed E-state index contributed by atoms with van der Waals surface area (Å²) in [5.41, 5.74) is 0.0431. The number of carbonyl (C=O) groups excluding carboxylic acids is 1. The highest BCUT2D eigenvalue weighted by molar-refractivity contribution is 5.83. The molecule has 2 aromatic rings. The van der Waals surface area contributed by atoms with Crippen molar-refractivity contribution < 1.29 is 14.7 Å². The quantitative estimate of drug-likeness (QED) is 0.858. The first-order valence-corrected chi connectivity index (χ1v) is 7.14. The van der Waals surface area contributed by atoms with Crippen LogP contribution in [0.5, 0.6) is 0 Å². The van der Waals surface area contributed by atoms with Crippen molar-refractivity contribution in [1.29, 1.82) is 0 Å². The van der Waals surface area contributed by atoms with Gasteiger partial charge in [0.05, 0.1) is 0 Å². The Labute approximate surface area is 125 Å². The maximum Gasteiger partial charge on any atom is 0.350 e. The zero-order chi connectivity index (χ0) is 15.7. The van der Waals surface area contributed by atoms with Gasteiger partial charge in [0, 0.05) is 12.7 Å². The van der Waals surface area contributed by atoms with E-state index in [1.807, 2.05) is 0 Å². The van der Waals surface area contributed by atoms with Crippen molar-refractivity contribution in [3.63, 3.8) is 0 Å². The first-order chi connectivity index (χ1) is 10.6. The molecule has 3 rings (SSSR count). The lowest BCUT2D eigenvalue weighted by Gasteiger charge is -2.32. The summed E-state index contributed by atoms with van der Waals surface area (Å²) >= 11 is 0. The van der Waals surface area contributed by atoms with Crippen molar-refractivity contribution in [3.8, 4) is 0 Å². The summed E-state index contributed by atoms with van der Waals surface area (Å²) in [7, 11) is 0. The largest absolute Gasteiger partial charge is 0.480 e. The number of nitrogens with zero attached hydrogens (tertiary/aromatic N) is 4. The predicted molar refractivity (Wildman–Crippen MR) is 76.4 cm³/mol. The fourth-order valence-corrected chi connectivity index (χ4v) is 2.78. The zero-order valence-corrected chi connectivity index (χ0v) is 11.9. The molecule has 8 heteroatoms. The Balaban J connectivity index is 1.84. The van der Waals surface area contributed by atoms with E-state index < -0.39 is 23.6 Å². The third kappa shape index (κ3) is 2.47. The van der Waals surface area contributed by atoms with E-state index in [2.05, 4.69) is 5.10 Å². The Kier molecular flexibility index (Phi) is 3.66. The Morgan fingerprint density at radius 1 is 1.32 bits per heavy atom. The first-order valence-electron chi connectivity index (χ1n) is 7.14. The molecule has 22 heavy (non-hydrogen) atoms. The summed E-state index contributed by atoms with van der Waals surface area (Å²) in [6.07, 6.45) is 3.58. The number of amides is 1. The van der Waals surface area contributed by atoms with Crippen molar-refractivity contribution in [2.45, 2.75) is 31.8 Å². The summed E-state index contributed by atoms with van der Waals surface area (Å²) in [5, 5.41) is 13.3. The number of fused-ring (bicyclic) bond motifs is 1. The number of hydrogen-bond acceptors (Lipinski definition) is 4. The lowest BCUT2D eigenvalue weighted by molar-refractivity contribution is -0.152. The molecule has 0 bridgehead atoms. The van der Waals surface area contributed by atoms with Gasteiger partial charge >= 0.3 is 11.7 Å². The summed E-state index contributed by atoms with van der Waals surface area (Å²) in [6, 6.07) is 4.31. The minimum atomic E-state index is -1.00. The van der Waals surface area contributed by atoms with Gasteiger partial charge in [-0.15, -0.1) is 5.10 Å². The number of carboxylic acid groups (broad SMARTS) is 1. The lowest BCUT2D eigenvalue weighted by Crippen LogP contribution is -2.49. The molecule has 1 aliphatic rings. The summed E-state index contributed by atoms with van der Waals surface area (Å²) in [4.78, 5) is 37.1. The van der Waals surface area contributed by atoms with Crippen LogP contribution in [0.4, 0.5) is 0 Å². The molecule has 1 saturated heterocycles. The van der Waals surface area contributed by atoms with E-state index in [0.29, 0.717) is 18.6 Å². The van der Waals surface area contributed by atoms with Crippen molar-refractivity contribution in [3.05, 3.63) is 34.9 Å². The van der Waals surface area contributed by atoms with Crippen LogP contribution >= 0.6 is 0 Å². The van der Waals surface area contributed by atoms with E-state index in [1.54, 1.807) is 24.4 Å². The number of carbonyl (C=O) groups is 2. The van der Waals surface area contributed by atoms with E-state index in [1.165, 1.54) is 9.30 Å². The fraction of sp³-hybridized carbons (Fsp3) is 0.429. The summed E-state index contributed by atoms with van der Waals surface area (Å²) in [6.45, 7) is 0.155. The van der Waals surface area contributed by atoms with Gasteiger partial charge in [0.2, 0.25) is 5.91 Å². The van der Waals surface area contributed by atoms with Gasteiger partial charge < -0.3 is 10.0 Å². The van der Waals surface area contributed by atoms with Gasteiger partial charge in [0.25, 0.3) is 0 Å². The molecule has 1 N–H and O–H groups in total. The van der Waals surface area contributed by atoms with Crippen molar-refractivity contribution >= 4 is 17.5 Å². The molecule has 0 saturated carbocycles. The minimum Gasteiger partial charge on any atom is -0.480 e. The highest BCUT2D eigenvalue weighted by Crippen LogP contribution is 2.17. The smallest absolute Gasteiger partial charge is 0.350 e. The molecule has 116 valence electrons. The highest BCUT2D eigenvalue weighted by atomic mass is 16.4. The second-order valence-electron chi connectivity index (χ2n) is 5.31. The lowest BCUT2D eigenvalue weighted by atomic mass is 10.0. The standard InChI is InChI=1S/C14H16N4O4/c19-12(16-7-3-1-5-10(16)13(20)21)9-18-14(22)17-8-4-2-6-11(17)15-18/h2,4,6,8,10H,1,3,5,7,9H2,(H,20,21). The Morgan fingerprint density at radius 3 is 2.86 bits per heavy atom. The molecule has 2 aromatic heterocycles. The topological polar surface area (TPSA) is 96.9 Å². The average molecular weight is 304 g/mol. The SMILES string of the molecule is O=C(O)C1CCCCN1C(=O)Cn1nc2ccccn2c1=O. The predicted octanol–water partition coefficient (Wildman–Crippen LogP) is -0.0383. The molecular weight excluding hydrogens is 288 g/mol. The number of aliphatic carboxylic acids is 1. The van der Waals surface area contributed by atoms with Gasteiger partial charge in [-0.1, -0.05) is 6.07 Å². The molecule has 1 atom stereocenters. The van der Waals surface area contributed by atoms with Crippen LogP contribution in [0.25, 0.3) is 5.65 Å². The van der Waals surface area contributed by atoms with Crippen LogP contribution in [0.1, 0.15) is 19.3 Å². The van der Waals surface area contributed by atoms with E-state index >= 15 is 0 Å². The van der Waals surface area contributed by atoms with E-state index in [-0.39, 0.29) is 6.54 Å². The Bertz CT molecular complexity index is 778. The van der Waals surface area contributed by atoms with Gasteiger partial charge in [-0.3, -0.25) is 9.20 Å². The maximum absolute atomic E-state index is 12.4. The van der Waals surface area contributed by atoms with Crippen LogP contribution in [0.15, 0.2) is 29.2 Å². The maximum atomic E-state index is 12.4. The number of likely N-dealkylation sites (tertiary alicyclic amines) is 1. The summed E-state index contributed by atoms with van der Waals surface area (Å²) in [5.74, 6) is -1.40. The van der Waals surface area contributed by atoms with Crippen molar-refractivity contribution in [2.24, 2.45) is 0 Å². The van der Waals surface area contributed by atoms with Crippen LogP contribution in [0.3, 0.4) is 0 Å². The second kappa shape index (κ2) is 5.63. The Morgan fingerprint density at radius 2 is 2.14 bits per heavy atom. The molecule has 1 aliphatic heterocycles. The van der Waals surface area contributed by atoms with Crippen molar-refractivity contribution in [1.82, 2.24) is 19.1 Å². The second-order valence-corrected chi connectivity index (χ2v) is 5.31. The number of rotatable bonds is 3. The molecule has 0 radical (unpaired) electrons. The zero-order valence-electron chi connectivity index (χ0n) is 11.9. The van der Waals surface area contributed by atoms with E-state index in [4.69, 9.17) is 0 Å². The first kappa shape index (κ1) is 14.3. The highest BCUT2D eigenvalue weighted by Gasteiger charge is 2.32. The molecular formula is C14H16N4O4. The third-order valence-electron chi connectivity index (χ3n) is 3.88. The number of pyridine rings is 1. The minimum absolute atomic E-state index is 0.246. The normalized spacial score (nSPS) is 18.5. The Hall–Kier alpha value is -2.64. The van der Waals surface area contributed by atoms with E-state index in [0.717, 1.165) is 17.5 Å². The molecule has 0 spiro atoms. The van der Waals surface area contributed by atoms with Crippen LogP contribution in [0.2, 0.25) is 0 Å². The molecule has 1 amide bonds. The summed E-state index contributed by atoms with van der Waals surface area (Å²) < 4.78 is 2.42. The van der Waals surface area contributed by atoms with Crippen LogP contribution in [-0.2, 0) is 16.1 Å². The van der Waals surface area contributed by atoms with Gasteiger partial charge in [-0.2, -0.15) is 0 Å². The number of hydrogen-bond donors (Lipinski definition) is 1. The fourth-order valence-electron chi connectivity index (χ4n) is 2.78.